The largest absolute Gasteiger partial charge is 0.397 e. The Kier molecular flexibility index (Phi) is 3.00. The van der Waals surface area contributed by atoms with Gasteiger partial charge in [0.1, 0.15) is 5.82 Å². The molecule has 0 aromatic carbocycles. The first-order valence-electron chi connectivity index (χ1n) is 5.97. The van der Waals surface area contributed by atoms with Crippen LogP contribution in [0.5, 0.6) is 0 Å². The van der Waals surface area contributed by atoms with Gasteiger partial charge in [0, 0.05) is 18.6 Å². The fraction of sp³-hybridized carbons (Fsp3) is 0.615. The van der Waals surface area contributed by atoms with Gasteiger partial charge in [0.2, 0.25) is 0 Å². The van der Waals surface area contributed by atoms with E-state index in [1.54, 1.807) is 7.11 Å². The summed E-state index contributed by atoms with van der Waals surface area (Å²) in [6, 6.07) is 4.23. The van der Waals surface area contributed by atoms with Crippen LogP contribution >= 0.6 is 0 Å². The summed E-state index contributed by atoms with van der Waals surface area (Å²) in [7, 11) is 1.77. The predicted molar refractivity (Wildman–Crippen MR) is 70.0 cm³/mol. The number of nitrogens with two attached hydrogens (primary N) is 1. The van der Waals surface area contributed by atoms with Crippen LogP contribution in [0.2, 0.25) is 0 Å². The molecule has 1 aromatic rings. The highest BCUT2D eigenvalue weighted by Gasteiger charge is 2.48. The molecule has 0 aliphatic heterocycles. The van der Waals surface area contributed by atoms with E-state index in [2.05, 4.69) is 24.1 Å². The van der Waals surface area contributed by atoms with Gasteiger partial charge < -0.3 is 15.8 Å². The van der Waals surface area contributed by atoms with Crippen molar-refractivity contribution in [3.63, 3.8) is 0 Å². The molecule has 0 amide bonds. The summed E-state index contributed by atoms with van der Waals surface area (Å²) in [6.45, 7) is 6.35. The van der Waals surface area contributed by atoms with Crippen molar-refractivity contribution in [2.24, 2.45) is 5.41 Å². The topological polar surface area (TPSA) is 60.2 Å². The molecule has 1 fully saturated rings. The van der Waals surface area contributed by atoms with E-state index < -0.39 is 0 Å². The van der Waals surface area contributed by atoms with Gasteiger partial charge in [-0.3, -0.25) is 0 Å². The number of hydrogen-bond acceptors (Lipinski definition) is 4. The summed E-state index contributed by atoms with van der Waals surface area (Å²) < 4.78 is 5.43. The number of aryl methyl sites for hydroxylation is 1. The summed E-state index contributed by atoms with van der Waals surface area (Å²) in [5, 5.41) is 3.45. The van der Waals surface area contributed by atoms with Crippen molar-refractivity contribution >= 4 is 11.5 Å². The first kappa shape index (κ1) is 12.2. The zero-order valence-corrected chi connectivity index (χ0v) is 10.9. The maximum Gasteiger partial charge on any atom is 0.126 e. The molecular formula is C13H21N3O. The van der Waals surface area contributed by atoms with Crippen molar-refractivity contribution in [2.75, 3.05) is 18.2 Å². The van der Waals surface area contributed by atoms with Crippen LogP contribution in [-0.4, -0.2) is 24.2 Å². The van der Waals surface area contributed by atoms with Gasteiger partial charge in [-0.25, -0.2) is 4.98 Å². The lowest BCUT2D eigenvalue weighted by Crippen LogP contribution is -2.57. The highest BCUT2D eigenvalue weighted by atomic mass is 16.5. The maximum absolute atomic E-state index is 5.75. The molecule has 4 heteroatoms. The Hall–Kier alpha value is -1.29. The third-order valence-electron chi connectivity index (χ3n) is 3.91. The number of nitrogens with zero attached hydrogens (tertiary/aromatic N) is 1. The predicted octanol–water partition coefficient (Wildman–Crippen LogP) is 2.20. The molecule has 0 spiro atoms. The van der Waals surface area contributed by atoms with Crippen LogP contribution < -0.4 is 11.1 Å². The molecular weight excluding hydrogens is 214 g/mol. The first-order chi connectivity index (χ1) is 7.95. The normalized spacial score (nSPS) is 26.4. The first-order valence-corrected chi connectivity index (χ1v) is 5.97. The zero-order valence-electron chi connectivity index (χ0n) is 10.9. The Morgan fingerprint density at radius 3 is 2.71 bits per heavy atom. The molecule has 2 atom stereocenters. The van der Waals surface area contributed by atoms with Crippen LogP contribution in [0.15, 0.2) is 12.1 Å². The quantitative estimate of drug-likeness (QED) is 0.843. The lowest BCUT2D eigenvalue weighted by atomic mass is 9.64. The second-order valence-electron chi connectivity index (χ2n) is 5.35. The minimum Gasteiger partial charge on any atom is -0.397 e. The molecule has 1 aliphatic carbocycles. The minimum atomic E-state index is 0.145. The van der Waals surface area contributed by atoms with E-state index in [1.807, 2.05) is 19.1 Å². The van der Waals surface area contributed by atoms with Gasteiger partial charge in [-0.2, -0.15) is 0 Å². The van der Waals surface area contributed by atoms with E-state index in [4.69, 9.17) is 10.5 Å². The number of rotatable bonds is 3. The second kappa shape index (κ2) is 4.18. The van der Waals surface area contributed by atoms with Crippen LogP contribution in [0.4, 0.5) is 11.5 Å². The number of nitrogens with one attached hydrogen (secondary N) is 1. The van der Waals surface area contributed by atoms with E-state index in [0.29, 0.717) is 12.1 Å². The van der Waals surface area contributed by atoms with Crippen molar-refractivity contribution in [1.82, 2.24) is 4.98 Å². The Balaban J connectivity index is 2.05. The van der Waals surface area contributed by atoms with Crippen LogP contribution in [0.3, 0.4) is 0 Å². The monoisotopic (exact) mass is 235 g/mol. The van der Waals surface area contributed by atoms with Gasteiger partial charge in [0.15, 0.2) is 0 Å². The molecule has 4 nitrogen and oxygen atoms in total. The third kappa shape index (κ3) is 2.09. The number of anilines is 2. The van der Waals surface area contributed by atoms with E-state index in [1.165, 1.54) is 0 Å². The second-order valence-corrected chi connectivity index (χ2v) is 5.35. The summed E-state index contributed by atoms with van der Waals surface area (Å²) in [6.07, 6.45) is 1.35. The minimum absolute atomic E-state index is 0.145. The summed E-state index contributed by atoms with van der Waals surface area (Å²) >= 11 is 0. The smallest absolute Gasteiger partial charge is 0.126 e. The molecule has 1 aliphatic rings. The molecule has 0 bridgehead atoms. The van der Waals surface area contributed by atoms with E-state index >= 15 is 0 Å². The van der Waals surface area contributed by atoms with Crippen molar-refractivity contribution in [3.05, 3.63) is 17.8 Å². The van der Waals surface area contributed by atoms with Crippen LogP contribution in [0.25, 0.3) is 0 Å². The lowest BCUT2D eigenvalue weighted by molar-refractivity contribution is -0.0795. The lowest BCUT2D eigenvalue weighted by Gasteiger charge is -2.51. The van der Waals surface area contributed by atoms with Crippen molar-refractivity contribution in [3.8, 4) is 0 Å². The molecule has 1 aromatic heterocycles. The van der Waals surface area contributed by atoms with Crippen molar-refractivity contribution in [2.45, 2.75) is 39.3 Å². The van der Waals surface area contributed by atoms with Crippen LogP contribution in [0.1, 0.15) is 26.0 Å². The average molecular weight is 235 g/mol. The van der Waals surface area contributed by atoms with Crippen molar-refractivity contribution < 1.29 is 4.74 Å². The van der Waals surface area contributed by atoms with E-state index in [0.717, 1.165) is 23.6 Å². The fourth-order valence-corrected chi connectivity index (χ4v) is 2.36. The summed E-state index contributed by atoms with van der Waals surface area (Å²) in [4.78, 5) is 4.43. The van der Waals surface area contributed by atoms with Crippen molar-refractivity contribution in [1.29, 1.82) is 0 Å². The Morgan fingerprint density at radius 1 is 1.47 bits per heavy atom. The fourth-order valence-electron chi connectivity index (χ4n) is 2.36. The van der Waals surface area contributed by atoms with E-state index in [-0.39, 0.29) is 5.41 Å². The third-order valence-corrected chi connectivity index (χ3v) is 3.91. The van der Waals surface area contributed by atoms with Gasteiger partial charge in [-0.15, -0.1) is 0 Å². The molecule has 2 unspecified atom stereocenters. The molecule has 1 heterocycles. The van der Waals surface area contributed by atoms with Gasteiger partial charge in [-0.1, -0.05) is 13.8 Å². The standard InChI is InChI=1S/C13H21N3O/c1-8-9(14)5-6-12(15-8)16-10-7-11(17-4)13(10,2)3/h5-6,10-11H,7,14H2,1-4H3,(H,15,16). The average Bonchev–Trinajstić information content (AvgIpc) is 2.28. The van der Waals surface area contributed by atoms with Gasteiger partial charge in [0.05, 0.1) is 17.5 Å². The van der Waals surface area contributed by atoms with E-state index in [9.17, 15) is 0 Å². The highest BCUT2D eigenvalue weighted by Crippen LogP contribution is 2.43. The number of methoxy groups -OCH3 is 1. The number of hydrogen-bond donors (Lipinski definition) is 2. The number of pyridine rings is 1. The van der Waals surface area contributed by atoms with Crippen LogP contribution in [0, 0.1) is 12.3 Å². The Labute approximate surface area is 103 Å². The summed E-state index contributed by atoms with van der Waals surface area (Å²) in [5.74, 6) is 0.893. The molecule has 1 saturated carbocycles. The van der Waals surface area contributed by atoms with Gasteiger partial charge >= 0.3 is 0 Å². The molecule has 0 radical (unpaired) electrons. The van der Waals surface area contributed by atoms with Gasteiger partial charge in [0.25, 0.3) is 0 Å². The molecule has 2 rings (SSSR count). The highest BCUT2D eigenvalue weighted by molar-refractivity contribution is 5.49. The summed E-state index contributed by atoms with van der Waals surface area (Å²) in [5.41, 5.74) is 7.50. The SMILES string of the molecule is COC1CC(Nc2ccc(N)c(C)n2)C1(C)C. The maximum atomic E-state index is 5.75. The zero-order chi connectivity index (χ0) is 12.6. The molecule has 17 heavy (non-hydrogen) atoms. The molecule has 0 saturated heterocycles. The van der Waals surface area contributed by atoms with Crippen LogP contribution in [-0.2, 0) is 4.74 Å². The Bertz CT molecular complexity index is 417. The number of nitrogen functional groups attached to an aromatic ring is 1. The Morgan fingerprint density at radius 2 is 2.18 bits per heavy atom. The number of aromatic nitrogens is 1. The molecule has 94 valence electrons. The number of ether oxygens (including phenoxy) is 1. The molecule has 3 N–H and O–H groups in total. The van der Waals surface area contributed by atoms with Gasteiger partial charge in [-0.05, 0) is 25.5 Å².